The number of alkyl carbamates (subject to hydrolysis) is 2. The van der Waals surface area contributed by atoms with Gasteiger partial charge in [0.05, 0.1) is 0 Å². The third-order valence-electron chi connectivity index (χ3n) is 6.16. The predicted molar refractivity (Wildman–Crippen MR) is 168 cm³/mol. The summed E-state index contributed by atoms with van der Waals surface area (Å²) in [5.41, 5.74) is 0.0335. The summed E-state index contributed by atoms with van der Waals surface area (Å²) >= 11 is 0. The molecule has 12 heteroatoms. The van der Waals surface area contributed by atoms with Crippen LogP contribution < -0.4 is 21.3 Å². The molecule has 3 atom stereocenters. The number of hydrogen-bond acceptors (Lipinski definition) is 7. The number of aliphatic carboxylic acids is 1. The van der Waals surface area contributed by atoms with Crippen LogP contribution in [0.4, 0.5) is 9.59 Å². The van der Waals surface area contributed by atoms with Crippen LogP contribution in [0.3, 0.4) is 0 Å². The van der Waals surface area contributed by atoms with Crippen molar-refractivity contribution in [3.63, 3.8) is 0 Å². The molecule has 0 heterocycles. The molecule has 0 fully saturated rings. The van der Waals surface area contributed by atoms with Crippen LogP contribution in [0.1, 0.15) is 65.5 Å². The van der Waals surface area contributed by atoms with E-state index in [1.807, 2.05) is 36.4 Å². The van der Waals surface area contributed by atoms with Crippen LogP contribution in [0.25, 0.3) is 0 Å². The van der Waals surface area contributed by atoms with Crippen molar-refractivity contribution in [3.8, 4) is 0 Å². The number of carbonyl (C=O) groups is 5. The van der Waals surface area contributed by atoms with Gasteiger partial charge in [-0.15, -0.1) is 0 Å². The highest BCUT2D eigenvalue weighted by Gasteiger charge is 2.29. The molecule has 0 bridgehead atoms. The standard InChI is InChI=1S/C33H46N4O8/c1-32(2,3)44-30(42)36-25(20-22-14-9-7-10-15-22)27(38)34-19-13-18-24(29(40)41)35-28(39)26(21-23-16-11-8-12-17-23)37-31(43)45-33(4,5)6/h7-12,14-17,24-26H,13,18-21H2,1-6H3,(H,34,38)(H,35,39)(H,36,42)(H,37,43)(H,40,41)/t24?,25-,26-/m0/s1. The molecule has 45 heavy (non-hydrogen) atoms. The van der Waals surface area contributed by atoms with Crippen molar-refractivity contribution in [2.75, 3.05) is 6.54 Å². The molecule has 0 aliphatic heterocycles. The van der Waals surface area contributed by atoms with Gasteiger partial charge in [0.1, 0.15) is 29.3 Å². The van der Waals surface area contributed by atoms with Crippen molar-refractivity contribution in [1.82, 2.24) is 21.3 Å². The Morgan fingerprint density at radius 2 is 1.07 bits per heavy atom. The Kier molecular flexibility index (Phi) is 13.8. The summed E-state index contributed by atoms with van der Waals surface area (Å²) in [5, 5.41) is 20.2. The van der Waals surface area contributed by atoms with Crippen LogP contribution in [0, 0.1) is 0 Å². The molecule has 4 amide bonds. The second-order valence-electron chi connectivity index (χ2n) is 12.6. The van der Waals surface area contributed by atoms with E-state index in [2.05, 4.69) is 21.3 Å². The minimum absolute atomic E-state index is 0.00526. The molecule has 0 radical (unpaired) electrons. The Bertz CT molecular complexity index is 1270. The Labute approximate surface area is 264 Å². The Morgan fingerprint density at radius 1 is 0.644 bits per heavy atom. The molecule has 1 unspecified atom stereocenters. The van der Waals surface area contributed by atoms with E-state index in [1.165, 1.54) is 0 Å². The van der Waals surface area contributed by atoms with Gasteiger partial charge in [-0.05, 0) is 65.5 Å². The van der Waals surface area contributed by atoms with Crippen LogP contribution in [-0.4, -0.2) is 70.9 Å². The molecule has 0 saturated carbocycles. The van der Waals surface area contributed by atoms with E-state index in [1.54, 1.807) is 65.8 Å². The predicted octanol–water partition coefficient (Wildman–Crippen LogP) is 3.72. The summed E-state index contributed by atoms with van der Waals surface area (Å²) in [4.78, 5) is 63.2. The molecule has 2 aromatic rings. The van der Waals surface area contributed by atoms with E-state index in [9.17, 15) is 29.1 Å². The lowest BCUT2D eigenvalue weighted by Crippen LogP contribution is -2.53. The number of carboxylic acid groups (broad SMARTS) is 1. The van der Waals surface area contributed by atoms with Crippen molar-refractivity contribution in [2.45, 2.75) is 96.6 Å². The number of nitrogens with one attached hydrogen (secondary N) is 4. The first-order valence-electron chi connectivity index (χ1n) is 14.9. The number of carbonyl (C=O) groups excluding carboxylic acids is 4. The highest BCUT2D eigenvalue weighted by molar-refractivity contribution is 5.89. The van der Waals surface area contributed by atoms with Gasteiger partial charge in [0, 0.05) is 19.4 Å². The fourth-order valence-electron chi connectivity index (χ4n) is 4.19. The van der Waals surface area contributed by atoms with Gasteiger partial charge in [0.15, 0.2) is 0 Å². The van der Waals surface area contributed by atoms with Crippen LogP contribution in [0.5, 0.6) is 0 Å². The van der Waals surface area contributed by atoms with E-state index < -0.39 is 59.3 Å². The second-order valence-corrected chi connectivity index (χ2v) is 12.6. The number of rotatable bonds is 14. The van der Waals surface area contributed by atoms with E-state index >= 15 is 0 Å². The van der Waals surface area contributed by atoms with Gasteiger partial charge in [-0.25, -0.2) is 14.4 Å². The zero-order valence-electron chi connectivity index (χ0n) is 26.8. The first-order valence-corrected chi connectivity index (χ1v) is 14.9. The van der Waals surface area contributed by atoms with Gasteiger partial charge >= 0.3 is 18.2 Å². The van der Waals surface area contributed by atoms with Crippen molar-refractivity contribution in [3.05, 3.63) is 71.8 Å². The van der Waals surface area contributed by atoms with Crippen LogP contribution in [-0.2, 0) is 36.7 Å². The summed E-state index contributed by atoms with van der Waals surface area (Å²) < 4.78 is 10.6. The maximum absolute atomic E-state index is 13.2. The van der Waals surface area contributed by atoms with Gasteiger partial charge in [-0.1, -0.05) is 60.7 Å². The van der Waals surface area contributed by atoms with Crippen molar-refractivity contribution < 1.29 is 38.6 Å². The summed E-state index contributed by atoms with van der Waals surface area (Å²) in [6.45, 7) is 10.3. The number of ether oxygens (including phenoxy) is 2. The molecule has 0 aromatic heterocycles. The first kappa shape index (κ1) is 36.6. The maximum atomic E-state index is 13.2. The monoisotopic (exact) mass is 626 g/mol. The van der Waals surface area contributed by atoms with Gasteiger partial charge in [-0.2, -0.15) is 0 Å². The highest BCUT2D eigenvalue weighted by Crippen LogP contribution is 2.11. The third kappa shape index (κ3) is 15.1. The minimum Gasteiger partial charge on any atom is -0.480 e. The van der Waals surface area contributed by atoms with Crippen LogP contribution >= 0.6 is 0 Å². The maximum Gasteiger partial charge on any atom is 0.408 e. The van der Waals surface area contributed by atoms with E-state index in [4.69, 9.17) is 9.47 Å². The van der Waals surface area contributed by atoms with E-state index in [0.29, 0.717) is 0 Å². The van der Waals surface area contributed by atoms with Crippen molar-refractivity contribution >= 4 is 30.0 Å². The smallest absolute Gasteiger partial charge is 0.408 e. The quantitative estimate of drug-likeness (QED) is 0.197. The minimum atomic E-state index is -1.28. The zero-order chi connectivity index (χ0) is 33.6. The van der Waals surface area contributed by atoms with Gasteiger partial charge < -0.3 is 35.8 Å². The largest absolute Gasteiger partial charge is 0.480 e. The van der Waals surface area contributed by atoms with Gasteiger partial charge in [0.25, 0.3) is 0 Å². The summed E-state index contributed by atoms with van der Waals surface area (Å²) in [6.07, 6.45) is -1.02. The Morgan fingerprint density at radius 3 is 1.47 bits per heavy atom. The number of hydrogen-bond donors (Lipinski definition) is 5. The van der Waals surface area contributed by atoms with Gasteiger partial charge in [-0.3, -0.25) is 9.59 Å². The second kappa shape index (κ2) is 17.0. The lowest BCUT2D eigenvalue weighted by Gasteiger charge is -2.25. The van der Waals surface area contributed by atoms with E-state index in [-0.39, 0.29) is 32.2 Å². The molecule has 0 aliphatic rings. The topological polar surface area (TPSA) is 172 Å². The number of amides is 4. The average molecular weight is 627 g/mol. The van der Waals surface area contributed by atoms with Crippen molar-refractivity contribution in [1.29, 1.82) is 0 Å². The lowest BCUT2D eigenvalue weighted by molar-refractivity contribution is -0.142. The summed E-state index contributed by atoms with van der Waals surface area (Å²) in [5.74, 6) is -2.42. The molecule has 0 aliphatic carbocycles. The lowest BCUT2D eigenvalue weighted by atomic mass is 10.0. The molecular formula is C33H46N4O8. The summed E-state index contributed by atoms with van der Waals surface area (Å²) in [6, 6.07) is 14.8. The third-order valence-corrected chi connectivity index (χ3v) is 6.16. The molecule has 0 spiro atoms. The van der Waals surface area contributed by atoms with Crippen LogP contribution in [0.2, 0.25) is 0 Å². The first-order chi connectivity index (χ1) is 21.0. The number of benzene rings is 2. The molecule has 0 saturated heterocycles. The van der Waals surface area contributed by atoms with Gasteiger partial charge in [0.2, 0.25) is 11.8 Å². The highest BCUT2D eigenvalue weighted by atomic mass is 16.6. The molecule has 12 nitrogen and oxygen atoms in total. The average Bonchev–Trinajstić information content (AvgIpc) is 2.92. The Balaban J connectivity index is 2.01. The fourth-order valence-corrected chi connectivity index (χ4v) is 4.19. The molecule has 2 rings (SSSR count). The Hall–Kier alpha value is -4.61. The van der Waals surface area contributed by atoms with E-state index in [0.717, 1.165) is 11.1 Å². The van der Waals surface area contributed by atoms with Crippen molar-refractivity contribution in [2.24, 2.45) is 0 Å². The molecular weight excluding hydrogens is 580 g/mol. The number of carboxylic acids is 1. The normalized spacial score (nSPS) is 13.4. The zero-order valence-corrected chi connectivity index (χ0v) is 26.8. The fraction of sp³-hybridized carbons (Fsp3) is 0.485. The molecule has 5 N–H and O–H groups in total. The summed E-state index contributed by atoms with van der Waals surface area (Å²) in [7, 11) is 0. The SMILES string of the molecule is CC(C)(C)OC(=O)N[C@@H](Cc1ccccc1)C(=O)NCCCC(NC(=O)[C@H](Cc1ccccc1)NC(=O)OC(C)(C)C)C(=O)O. The molecule has 2 aromatic carbocycles. The molecule has 246 valence electrons. The van der Waals surface area contributed by atoms with Crippen LogP contribution in [0.15, 0.2) is 60.7 Å².